The maximum absolute atomic E-state index is 13.9. The Morgan fingerprint density at radius 1 is 0.743 bits per heavy atom. The van der Waals surface area contributed by atoms with Crippen molar-refractivity contribution >= 4 is 5.97 Å². The van der Waals surface area contributed by atoms with E-state index in [1.807, 2.05) is 91.0 Å². The summed E-state index contributed by atoms with van der Waals surface area (Å²) >= 11 is 0. The second kappa shape index (κ2) is 11.1. The molecule has 0 saturated carbocycles. The molecule has 0 aliphatic carbocycles. The minimum atomic E-state index is -1.38. The Bertz CT molecular complexity index is 1190. The van der Waals surface area contributed by atoms with Gasteiger partial charge in [-0.15, -0.1) is 0 Å². The number of nitrogens with zero attached hydrogens (tertiary/aromatic N) is 1. The third-order valence-electron chi connectivity index (χ3n) is 6.22. The van der Waals surface area contributed by atoms with Gasteiger partial charge in [0.2, 0.25) is 5.60 Å². The van der Waals surface area contributed by atoms with Gasteiger partial charge in [0.1, 0.15) is 13.2 Å². The first-order valence-corrected chi connectivity index (χ1v) is 11.9. The van der Waals surface area contributed by atoms with Gasteiger partial charge in [-0.3, -0.25) is 0 Å². The highest BCUT2D eigenvalue weighted by molar-refractivity contribution is 5.85. The molecule has 0 fully saturated rings. The van der Waals surface area contributed by atoms with E-state index < -0.39 is 11.6 Å². The summed E-state index contributed by atoms with van der Waals surface area (Å²) in [6, 6.07) is 33.3. The Kier molecular flexibility index (Phi) is 7.74. The van der Waals surface area contributed by atoms with Gasteiger partial charge in [0.15, 0.2) is 17.9 Å². The first kappa shape index (κ1) is 24.4. The van der Waals surface area contributed by atoms with Crippen molar-refractivity contribution in [2.75, 3.05) is 6.61 Å². The number of hydrogen-bond donors (Lipinski definition) is 0. The van der Waals surface area contributed by atoms with Gasteiger partial charge in [0.25, 0.3) is 0 Å². The van der Waals surface area contributed by atoms with Crippen LogP contribution in [0.2, 0.25) is 0 Å². The summed E-state index contributed by atoms with van der Waals surface area (Å²) < 4.78 is 14.7. The smallest absolute Gasteiger partial charge is 0.348 e. The van der Waals surface area contributed by atoms with Crippen LogP contribution >= 0.6 is 0 Å². The number of carbonyl (C=O) groups is 1. The van der Waals surface area contributed by atoms with Crippen molar-refractivity contribution < 1.29 is 18.8 Å². The van der Waals surface area contributed by atoms with Gasteiger partial charge in [-0.1, -0.05) is 91.0 Å². The van der Waals surface area contributed by atoms with Crippen LogP contribution in [0.3, 0.4) is 0 Å². The van der Waals surface area contributed by atoms with Crippen LogP contribution in [0.5, 0.6) is 0 Å². The van der Waals surface area contributed by atoms with Crippen LogP contribution in [-0.4, -0.2) is 12.6 Å². The Balaban J connectivity index is 1.69. The second-order valence-corrected chi connectivity index (χ2v) is 8.79. The van der Waals surface area contributed by atoms with Crippen molar-refractivity contribution in [3.63, 3.8) is 0 Å². The molecule has 4 nitrogen and oxygen atoms in total. The number of benzene rings is 3. The Morgan fingerprint density at radius 2 is 1.23 bits per heavy atom. The van der Waals surface area contributed by atoms with Gasteiger partial charge in [0.05, 0.1) is 0 Å². The van der Waals surface area contributed by atoms with Crippen LogP contribution < -0.4 is 4.57 Å². The molecular formula is C31H32NO3+. The van der Waals surface area contributed by atoms with E-state index >= 15 is 0 Å². The number of hydrogen-bond acceptors (Lipinski definition) is 3. The number of pyridine rings is 1. The molecule has 0 radical (unpaired) electrons. The normalized spacial score (nSPS) is 11.3. The van der Waals surface area contributed by atoms with Gasteiger partial charge >= 0.3 is 5.97 Å². The predicted molar refractivity (Wildman–Crippen MR) is 137 cm³/mol. The molecule has 4 aromatic rings. The third kappa shape index (κ3) is 5.50. The lowest BCUT2D eigenvalue weighted by Crippen LogP contribution is -2.46. The second-order valence-electron chi connectivity index (χ2n) is 8.79. The highest BCUT2D eigenvalue weighted by Crippen LogP contribution is 2.35. The summed E-state index contributed by atoms with van der Waals surface area (Å²) in [7, 11) is 0. The quantitative estimate of drug-likeness (QED) is 0.238. The summed E-state index contributed by atoms with van der Waals surface area (Å²) in [6.07, 6.45) is 0. The molecule has 0 spiro atoms. The highest BCUT2D eigenvalue weighted by Gasteiger charge is 2.45. The molecule has 35 heavy (non-hydrogen) atoms. The molecule has 178 valence electrons. The number of ether oxygens (including phenoxy) is 2. The standard InChI is InChI=1S/C31H32NO3/c1-24-21-25(2)32(26(3)22-24)19-20-35-31(28-15-9-5-10-16-28,29-17-11-6-12-18-29)30(33)34-23-27-13-7-4-8-14-27/h4-18,21-22H,19-20,23H2,1-3H3/q+1. The third-order valence-corrected chi connectivity index (χ3v) is 6.22. The molecule has 0 unspecified atom stereocenters. The number of rotatable bonds is 9. The zero-order chi connectivity index (χ0) is 24.7. The van der Waals surface area contributed by atoms with E-state index in [1.165, 1.54) is 5.56 Å². The first-order chi connectivity index (χ1) is 17.0. The minimum Gasteiger partial charge on any atom is -0.458 e. The van der Waals surface area contributed by atoms with E-state index in [4.69, 9.17) is 9.47 Å². The van der Waals surface area contributed by atoms with Crippen molar-refractivity contribution in [2.24, 2.45) is 0 Å². The molecule has 0 aliphatic heterocycles. The zero-order valence-electron chi connectivity index (χ0n) is 20.6. The van der Waals surface area contributed by atoms with E-state index in [0.717, 1.165) is 28.1 Å². The monoisotopic (exact) mass is 466 g/mol. The molecule has 3 aromatic carbocycles. The van der Waals surface area contributed by atoms with E-state index in [2.05, 4.69) is 37.5 Å². The molecular weight excluding hydrogens is 434 g/mol. The lowest BCUT2D eigenvalue weighted by Gasteiger charge is -2.32. The topological polar surface area (TPSA) is 39.4 Å². The van der Waals surface area contributed by atoms with Crippen molar-refractivity contribution in [3.05, 3.63) is 137 Å². The van der Waals surface area contributed by atoms with Crippen molar-refractivity contribution in [1.82, 2.24) is 0 Å². The van der Waals surface area contributed by atoms with Crippen LogP contribution in [0.15, 0.2) is 103 Å². The average Bonchev–Trinajstić information content (AvgIpc) is 2.88. The van der Waals surface area contributed by atoms with Gasteiger partial charge in [0, 0.05) is 26.0 Å². The Hall–Kier alpha value is -3.76. The van der Waals surface area contributed by atoms with Crippen LogP contribution in [0.25, 0.3) is 0 Å². The number of aromatic nitrogens is 1. The Labute approximate surface area is 207 Å². The van der Waals surface area contributed by atoms with E-state index in [0.29, 0.717) is 13.2 Å². The van der Waals surface area contributed by atoms with Crippen LogP contribution in [0.1, 0.15) is 33.6 Å². The molecule has 1 aromatic heterocycles. The van der Waals surface area contributed by atoms with Crippen LogP contribution in [0.4, 0.5) is 0 Å². The minimum absolute atomic E-state index is 0.176. The zero-order valence-corrected chi connectivity index (χ0v) is 20.6. The SMILES string of the molecule is Cc1cc(C)[n+](CCOC(C(=O)OCc2ccccc2)(c2ccccc2)c2ccccc2)c(C)c1. The van der Waals surface area contributed by atoms with Gasteiger partial charge < -0.3 is 9.47 Å². The first-order valence-electron chi connectivity index (χ1n) is 11.9. The fraction of sp³-hybridized carbons (Fsp3) is 0.226. The Morgan fingerprint density at radius 3 is 1.74 bits per heavy atom. The lowest BCUT2D eigenvalue weighted by molar-refractivity contribution is -0.710. The summed E-state index contributed by atoms with van der Waals surface area (Å²) in [6.45, 7) is 7.41. The summed E-state index contributed by atoms with van der Waals surface area (Å²) in [5.74, 6) is -0.430. The largest absolute Gasteiger partial charge is 0.458 e. The fourth-order valence-corrected chi connectivity index (χ4v) is 4.58. The number of esters is 1. The van der Waals surface area contributed by atoms with E-state index in [1.54, 1.807) is 0 Å². The number of aryl methyl sites for hydroxylation is 3. The summed E-state index contributed by atoms with van der Waals surface area (Å²) in [5, 5.41) is 0. The van der Waals surface area contributed by atoms with Crippen LogP contribution in [-0.2, 0) is 33.0 Å². The number of carbonyl (C=O) groups excluding carboxylic acids is 1. The maximum Gasteiger partial charge on any atom is 0.348 e. The van der Waals surface area contributed by atoms with Gasteiger partial charge in [-0.25, -0.2) is 4.79 Å². The summed E-state index contributed by atoms with van der Waals surface area (Å²) in [5.41, 5.74) is 4.57. The van der Waals surface area contributed by atoms with E-state index in [-0.39, 0.29) is 6.61 Å². The van der Waals surface area contributed by atoms with Crippen molar-refractivity contribution in [2.45, 2.75) is 39.5 Å². The van der Waals surface area contributed by atoms with Crippen molar-refractivity contribution in [1.29, 1.82) is 0 Å². The predicted octanol–water partition coefficient (Wildman–Crippen LogP) is 5.60. The average molecular weight is 467 g/mol. The van der Waals surface area contributed by atoms with E-state index in [9.17, 15) is 4.79 Å². The van der Waals surface area contributed by atoms with Gasteiger partial charge in [-0.2, -0.15) is 4.57 Å². The fourth-order valence-electron chi connectivity index (χ4n) is 4.58. The molecule has 4 rings (SSSR count). The molecule has 0 aliphatic rings. The van der Waals surface area contributed by atoms with Gasteiger partial charge in [-0.05, 0) is 29.2 Å². The summed E-state index contributed by atoms with van der Waals surface area (Å²) in [4.78, 5) is 13.9. The molecule has 0 N–H and O–H groups in total. The highest BCUT2D eigenvalue weighted by atomic mass is 16.6. The lowest BCUT2D eigenvalue weighted by atomic mass is 9.86. The molecule has 4 heteroatoms. The molecule has 0 saturated heterocycles. The van der Waals surface area contributed by atoms with Crippen molar-refractivity contribution in [3.8, 4) is 0 Å². The molecule has 0 amide bonds. The maximum atomic E-state index is 13.9. The molecule has 0 bridgehead atoms. The van der Waals surface area contributed by atoms with Crippen LogP contribution in [0, 0.1) is 20.8 Å². The molecule has 1 heterocycles. The molecule has 0 atom stereocenters.